The topological polar surface area (TPSA) is 75.2 Å². The van der Waals surface area contributed by atoms with Crippen molar-refractivity contribution in [1.29, 1.82) is 0 Å². The smallest absolute Gasteiger partial charge is 0.409 e. The fourth-order valence-electron chi connectivity index (χ4n) is 2.70. The van der Waals surface area contributed by atoms with Crippen molar-refractivity contribution in [2.45, 2.75) is 25.8 Å². The van der Waals surface area contributed by atoms with Gasteiger partial charge in [0.2, 0.25) is 0 Å². The minimum absolute atomic E-state index is 0.231. The first-order valence-electron chi connectivity index (χ1n) is 8.90. The number of likely N-dealkylation sites (tertiary alicyclic amines) is 1. The highest BCUT2D eigenvalue weighted by molar-refractivity contribution is 6.32. The molecule has 26 heavy (non-hydrogen) atoms. The number of nitrogens with one attached hydrogen (secondary N) is 2. The van der Waals surface area contributed by atoms with Gasteiger partial charge in [0, 0.05) is 26.2 Å². The summed E-state index contributed by atoms with van der Waals surface area (Å²) in [6.07, 6.45) is 1.48. The fourth-order valence-corrected chi connectivity index (χ4v) is 2.89. The highest BCUT2D eigenvalue weighted by atomic mass is 35.5. The molecule has 0 aromatic heterocycles. The Morgan fingerprint density at radius 2 is 2.08 bits per heavy atom. The van der Waals surface area contributed by atoms with Crippen LogP contribution < -0.4 is 15.4 Å². The molecule has 144 valence electrons. The molecule has 1 aromatic rings. The second-order valence-electron chi connectivity index (χ2n) is 5.88. The maximum atomic E-state index is 11.7. The molecular weight excluding hydrogens is 356 g/mol. The lowest BCUT2D eigenvalue weighted by Gasteiger charge is -2.32. The average molecular weight is 383 g/mol. The molecule has 0 bridgehead atoms. The molecule has 0 atom stereocenters. The van der Waals surface area contributed by atoms with Crippen molar-refractivity contribution in [3.05, 3.63) is 29.3 Å². The first kappa shape index (κ1) is 20.2. The number of rotatable bonds is 6. The zero-order valence-corrected chi connectivity index (χ0v) is 16.1. The Labute approximate surface area is 159 Å². The van der Waals surface area contributed by atoms with E-state index in [0.29, 0.717) is 43.6 Å². The van der Waals surface area contributed by atoms with Crippen molar-refractivity contribution in [2.75, 3.05) is 39.9 Å². The van der Waals surface area contributed by atoms with Gasteiger partial charge in [0.1, 0.15) is 12.4 Å². The third-order valence-electron chi connectivity index (χ3n) is 4.07. The highest BCUT2D eigenvalue weighted by Crippen LogP contribution is 2.22. The molecule has 0 aliphatic carbocycles. The summed E-state index contributed by atoms with van der Waals surface area (Å²) in [6, 6.07) is 7.67. The number of carbonyl (C=O) groups is 1. The summed E-state index contributed by atoms with van der Waals surface area (Å²) >= 11 is 6.06. The molecular formula is C18H27ClN4O3. The van der Waals surface area contributed by atoms with Crippen LogP contribution in [0.3, 0.4) is 0 Å². The quantitative estimate of drug-likeness (QED) is 0.449. The molecule has 7 nitrogen and oxygen atoms in total. The van der Waals surface area contributed by atoms with Crippen LogP contribution in [-0.2, 0) is 4.74 Å². The lowest BCUT2D eigenvalue weighted by Crippen LogP contribution is -2.50. The Hall–Kier alpha value is -2.15. The number of carbonyl (C=O) groups excluding carboxylic acids is 1. The minimum Gasteiger partial charge on any atom is -0.490 e. The molecule has 0 unspecified atom stereocenters. The Balaban J connectivity index is 1.67. The van der Waals surface area contributed by atoms with Crippen LogP contribution in [0.25, 0.3) is 0 Å². The molecule has 8 heteroatoms. The van der Waals surface area contributed by atoms with Gasteiger partial charge >= 0.3 is 6.09 Å². The molecule has 2 rings (SSSR count). The van der Waals surface area contributed by atoms with Crippen molar-refractivity contribution in [3.8, 4) is 5.75 Å². The van der Waals surface area contributed by atoms with E-state index in [1.807, 2.05) is 25.1 Å². The summed E-state index contributed by atoms with van der Waals surface area (Å²) in [6.45, 7) is 4.67. The van der Waals surface area contributed by atoms with E-state index in [1.165, 1.54) is 0 Å². The van der Waals surface area contributed by atoms with E-state index in [0.717, 1.165) is 18.8 Å². The largest absolute Gasteiger partial charge is 0.490 e. The second-order valence-corrected chi connectivity index (χ2v) is 6.29. The number of hydrogen-bond donors (Lipinski definition) is 2. The van der Waals surface area contributed by atoms with Gasteiger partial charge in [-0.1, -0.05) is 23.7 Å². The van der Waals surface area contributed by atoms with Gasteiger partial charge in [0.15, 0.2) is 5.96 Å². The molecule has 1 fully saturated rings. The maximum Gasteiger partial charge on any atom is 0.409 e. The lowest BCUT2D eigenvalue weighted by molar-refractivity contribution is 0.0963. The summed E-state index contributed by atoms with van der Waals surface area (Å²) in [7, 11) is 1.73. The van der Waals surface area contributed by atoms with E-state index in [-0.39, 0.29) is 12.1 Å². The van der Waals surface area contributed by atoms with Crippen LogP contribution >= 0.6 is 11.6 Å². The van der Waals surface area contributed by atoms with E-state index in [2.05, 4.69) is 15.6 Å². The summed E-state index contributed by atoms with van der Waals surface area (Å²) in [5.74, 6) is 1.40. The summed E-state index contributed by atoms with van der Waals surface area (Å²) in [5, 5.41) is 7.21. The van der Waals surface area contributed by atoms with E-state index < -0.39 is 0 Å². The van der Waals surface area contributed by atoms with Gasteiger partial charge in [-0.2, -0.15) is 0 Å². The number of guanidine groups is 1. The van der Waals surface area contributed by atoms with Crippen LogP contribution in [0.1, 0.15) is 19.8 Å². The van der Waals surface area contributed by atoms with Gasteiger partial charge in [-0.15, -0.1) is 0 Å². The zero-order chi connectivity index (χ0) is 18.8. The van der Waals surface area contributed by atoms with Gasteiger partial charge < -0.3 is 25.0 Å². The maximum absolute atomic E-state index is 11.7. The van der Waals surface area contributed by atoms with Crippen LogP contribution in [0.4, 0.5) is 4.79 Å². The van der Waals surface area contributed by atoms with E-state index in [4.69, 9.17) is 21.1 Å². The predicted molar refractivity (Wildman–Crippen MR) is 103 cm³/mol. The number of amides is 1. The first-order valence-corrected chi connectivity index (χ1v) is 9.28. The monoisotopic (exact) mass is 382 g/mol. The molecule has 1 aliphatic rings. The molecule has 2 N–H and O–H groups in total. The van der Waals surface area contributed by atoms with Crippen molar-refractivity contribution in [3.63, 3.8) is 0 Å². The SMILES string of the molecule is CCOC(=O)N1CCC(NC(=NC)NCCOc2ccccc2Cl)CC1. The molecule has 1 amide bonds. The van der Waals surface area contributed by atoms with Crippen LogP contribution in [0, 0.1) is 0 Å². The summed E-state index contributed by atoms with van der Waals surface area (Å²) < 4.78 is 10.7. The van der Waals surface area contributed by atoms with Crippen molar-refractivity contribution in [2.24, 2.45) is 4.99 Å². The van der Waals surface area contributed by atoms with Crippen molar-refractivity contribution in [1.82, 2.24) is 15.5 Å². The lowest BCUT2D eigenvalue weighted by atomic mass is 10.1. The fraction of sp³-hybridized carbons (Fsp3) is 0.556. The molecule has 0 spiro atoms. The highest BCUT2D eigenvalue weighted by Gasteiger charge is 2.23. The number of halogens is 1. The van der Waals surface area contributed by atoms with Gasteiger partial charge in [-0.25, -0.2) is 4.79 Å². The van der Waals surface area contributed by atoms with Crippen LogP contribution in [0.15, 0.2) is 29.3 Å². The summed E-state index contributed by atoms with van der Waals surface area (Å²) in [5.41, 5.74) is 0. The Kier molecular flexibility index (Phi) is 8.34. The van der Waals surface area contributed by atoms with Gasteiger partial charge in [0.05, 0.1) is 18.2 Å². The normalized spacial score (nSPS) is 15.5. The number of nitrogens with zero attached hydrogens (tertiary/aromatic N) is 2. The van der Waals surface area contributed by atoms with Gasteiger partial charge in [-0.05, 0) is 31.9 Å². The van der Waals surface area contributed by atoms with E-state index in [1.54, 1.807) is 18.0 Å². The van der Waals surface area contributed by atoms with E-state index >= 15 is 0 Å². The molecule has 1 aromatic carbocycles. The van der Waals surface area contributed by atoms with Crippen LogP contribution in [0.2, 0.25) is 5.02 Å². The number of aliphatic imine (C=N–C) groups is 1. The Bertz CT molecular complexity index is 604. The second kappa shape index (κ2) is 10.8. The van der Waals surface area contributed by atoms with E-state index in [9.17, 15) is 4.79 Å². The molecule has 1 heterocycles. The summed E-state index contributed by atoms with van der Waals surface area (Å²) in [4.78, 5) is 17.7. The number of benzene rings is 1. The molecule has 1 aliphatic heterocycles. The number of ether oxygens (including phenoxy) is 2. The number of hydrogen-bond acceptors (Lipinski definition) is 4. The first-order chi connectivity index (χ1) is 12.6. The standard InChI is InChI=1S/C18H27ClN4O3/c1-3-25-18(24)23-11-8-14(9-12-23)22-17(20-2)21-10-13-26-16-7-5-4-6-15(16)19/h4-7,14H,3,8-13H2,1-2H3,(H2,20,21,22). The molecule has 1 saturated heterocycles. The van der Waals surface area contributed by atoms with Gasteiger partial charge in [-0.3, -0.25) is 4.99 Å². The van der Waals surface area contributed by atoms with Crippen molar-refractivity contribution >= 4 is 23.7 Å². The molecule has 0 saturated carbocycles. The predicted octanol–water partition coefficient (Wildman–Crippen LogP) is 2.50. The third kappa shape index (κ3) is 6.29. The Morgan fingerprint density at radius 1 is 1.35 bits per heavy atom. The number of piperidine rings is 1. The van der Waals surface area contributed by atoms with Crippen LogP contribution in [0.5, 0.6) is 5.75 Å². The third-order valence-corrected chi connectivity index (χ3v) is 4.39. The Morgan fingerprint density at radius 3 is 2.73 bits per heavy atom. The van der Waals surface area contributed by atoms with Gasteiger partial charge in [0.25, 0.3) is 0 Å². The average Bonchev–Trinajstić information content (AvgIpc) is 2.66. The minimum atomic E-state index is -0.231. The number of para-hydroxylation sites is 1. The molecule has 0 radical (unpaired) electrons. The van der Waals surface area contributed by atoms with Crippen LogP contribution in [-0.4, -0.2) is 62.9 Å². The van der Waals surface area contributed by atoms with Crippen molar-refractivity contribution < 1.29 is 14.3 Å². The zero-order valence-electron chi connectivity index (χ0n) is 15.3.